The van der Waals surface area contributed by atoms with Crippen LogP contribution in [0.5, 0.6) is 5.75 Å². The number of aromatic nitrogens is 2. The predicted molar refractivity (Wildman–Crippen MR) is 78.7 cm³/mol. The third-order valence-corrected chi connectivity index (χ3v) is 2.93. The number of hydrogen-bond donors (Lipinski definition) is 2. The summed E-state index contributed by atoms with van der Waals surface area (Å²) in [6.07, 6.45) is 3.81. The van der Waals surface area contributed by atoms with Gasteiger partial charge in [0.1, 0.15) is 17.9 Å². The van der Waals surface area contributed by atoms with E-state index in [1.165, 1.54) is 6.07 Å². The van der Waals surface area contributed by atoms with Gasteiger partial charge in [0.15, 0.2) is 0 Å². The van der Waals surface area contributed by atoms with Crippen molar-refractivity contribution in [2.45, 2.75) is 13.5 Å². The second-order valence-corrected chi connectivity index (χ2v) is 4.68. The molecule has 0 radical (unpaired) electrons. The average Bonchev–Trinajstić information content (AvgIpc) is 2.88. The number of aromatic carboxylic acids is 1. The van der Waals surface area contributed by atoms with Gasteiger partial charge in [0, 0.05) is 19.3 Å². The number of ether oxygens (including phenoxy) is 1. The molecule has 21 heavy (non-hydrogen) atoms. The molecule has 112 valence electrons. The minimum absolute atomic E-state index is 0.185. The van der Waals surface area contributed by atoms with Crippen LogP contribution < -0.4 is 10.1 Å². The van der Waals surface area contributed by atoms with Crippen molar-refractivity contribution in [2.24, 2.45) is 0 Å². The summed E-state index contributed by atoms with van der Waals surface area (Å²) in [7, 11) is 0. The van der Waals surface area contributed by atoms with Gasteiger partial charge >= 0.3 is 5.97 Å². The van der Waals surface area contributed by atoms with E-state index in [2.05, 4.69) is 10.4 Å². The lowest BCUT2D eigenvalue weighted by atomic mass is 10.2. The van der Waals surface area contributed by atoms with Gasteiger partial charge in [0.2, 0.25) is 0 Å². The number of carboxylic acids is 1. The lowest BCUT2D eigenvalue weighted by Crippen LogP contribution is -2.25. The highest BCUT2D eigenvalue weighted by Crippen LogP contribution is 2.17. The zero-order valence-electron chi connectivity index (χ0n) is 12.0. The maximum atomic E-state index is 11.0. The van der Waals surface area contributed by atoms with Crippen LogP contribution in [0.15, 0.2) is 36.7 Å². The van der Waals surface area contributed by atoms with Gasteiger partial charge in [0.25, 0.3) is 0 Å². The third-order valence-electron chi connectivity index (χ3n) is 2.93. The lowest BCUT2D eigenvalue weighted by Gasteiger charge is -2.09. The molecule has 0 aliphatic carbocycles. The zero-order chi connectivity index (χ0) is 15.1. The Bertz CT molecular complexity index is 595. The van der Waals surface area contributed by atoms with Crippen molar-refractivity contribution >= 4 is 5.97 Å². The van der Waals surface area contributed by atoms with Crippen LogP contribution >= 0.6 is 0 Å². The Morgan fingerprint density at radius 1 is 1.38 bits per heavy atom. The van der Waals surface area contributed by atoms with Gasteiger partial charge in [-0.05, 0) is 24.6 Å². The second kappa shape index (κ2) is 7.44. The molecule has 0 atom stereocenters. The van der Waals surface area contributed by atoms with Gasteiger partial charge in [-0.25, -0.2) is 4.79 Å². The Hall–Kier alpha value is -2.34. The maximum absolute atomic E-state index is 11.0. The van der Waals surface area contributed by atoms with Crippen molar-refractivity contribution in [1.29, 1.82) is 0 Å². The molecule has 2 rings (SSSR count). The smallest absolute Gasteiger partial charge is 0.339 e. The molecule has 6 heteroatoms. The number of nitrogens with zero attached hydrogens (tertiary/aromatic N) is 2. The predicted octanol–water partition coefficient (Wildman–Crippen LogP) is 1.56. The number of para-hydroxylation sites is 1. The first-order valence-corrected chi connectivity index (χ1v) is 6.81. The molecule has 0 fully saturated rings. The van der Waals surface area contributed by atoms with Crippen molar-refractivity contribution in [3.8, 4) is 5.75 Å². The van der Waals surface area contributed by atoms with Gasteiger partial charge < -0.3 is 15.2 Å². The normalized spacial score (nSPS) is 10.5. The van der Waals surface area contributed by atoms with Crippen LogP contribution in [0.4, 0.5) is 0 Å². The molecule has 0 aliphatic heterocycles. The first kappa shape index (κ1) is 15.1. The monoisotopic (exact) mass is 289 g/mol. The highest BCUT2D eigenvalue weighted by atomic mass is 16.5. The van der Waals surface area contributed by atoms with Crippen molar-refractivity contribution in [2.75, 3.05) is 19.7 Å². The number of hydrogen-bond acceptors (Lipinski definition) is 4. The van der Waals surface area contributed by atoms with E-state index in [1.54, 1.807) is 18.2 Å². The van der Waals surface area contributed by atoms with Gasteiger partial charge in [-0.3, -0.25) is 4.68 Å². The van der Waals surface area contributed by atoms with E-state index in [0.29, 0.717) is 18.9 Å². The van der Waals surface area contributed by atoms with E-state index in [-0.39, 0.29) is 5.56 Å². The SMILES string of the molecule is Cc1cnn(CCNCCOc2ccccc2C(=O)O)c1. The molecule has 0 amide bonds. The molecule has 1 heterocycles. The summed E-state index contributed by atoms with van der Waals surface area (Å²) in [6.45, 7) is 4.64. The molecule has 1 aromatic carbocycles. The minimum atomic E-state index is -0.979. The Balaban J connectivity index is 1.67. The van der Waals surface area contributed by atoms with Crippen LogP contribution in [0.25, 0.3) is 0 Å². The van der Waals surface area contributed by atoms with Crippen LogP contribution in [0.3, 0.4) is 0 Å². The number of carboxylic acid groups (broad SMARTS) is 1. The van der Waals surface area contributed by atoms with Crippen LogP contribution in [0.2, 0.25) is 0 Å². The Labute approximate surface area is 123 Å². The van der Waals surface area contributed by atoms with Crippen LogP contribution in [-0.2, 0) is 6.54 Å². The van der Waals surface area contributed by atoms with Crippen LogP contribution in [0, 0.1) is 6.92 Å². The molecule has 2 aromatic rings. The number of aryl methyl sites for hydroxylation is 1. The molecule has 0 bridgehead atoms. The minimum Gasteiger partial charge on any atom is -0.491 e. The molecule has 0 unspecified atom stereocenters. The van der Waals surface area contributed by atoms with E-state index < -0.39 is 5.97 Å². The van der Waals surface area contributed by atoms with Gasteiger partial charge in [-0.15, -0.1) is 0 Å². The number of rotatable bonds is 8. The van der Waals surface area contributed by atoms with E-state index in [9.17, 15) is 4.79 Å². The molecule has 2 N–H and O–H groups in total. The summed E-state index contributed by atoms with van der Waals surface area (Å²) < 4.78 is 7.37. The molecular formula is C15H19N3O3. The molecule has 0 saturated heterocycles. The van der Waals surface area contributed by atoms with Crippen LogP contribution in [0.1, 0.15) is 15.9 Å². The first-order valence-electron chi connectivity index (χ1n) is 6.81. The topological polar surface area (TPSA) is 76.4 Å². The Morgan fingerprint density at radius 3 is 2.90 bits per heavy atom. The zero-order valence-corrected chi connectivity index (χ0v) is 12.0. The summed E-state index contributed by atoms with van der Waals surface area (Å²) in [5, 5.41) is 16.5. The quantitative estimate of drug-likeness (QED) is 0.721. The van der Waals surface area contributed by atoms with Gasteiger partial charge in [-0.1, -0.05) is 12.1 Å². The summed E-state index contributed by atoms with van der Waals surface area (Å²) in [6, 6.07) is 6.64. The molecule has 1 aromatic heterocycles. The van der Waals surface area contributed by atoms with E-state index in [4.69, 9.17) is 9.84 Å². The highest BCUT2D eigenvalue weighted by Gasteiger charge is 2.09. The highest BCUT2D eigenvalue weighted by molar-refractivity contribution is 5.90. The van der Waals surface area contributed by atoms with Gasteiger partial charge in [-0.2, -0.15) is 5.10 Å². The standard InChI is InChI=1S/C15H19N3O3/c1-12-10-17-18(11-12)8-6-16-7-9-21-14-5-3-2-4-13(14)15(19)20/h2-5,10-11,16H,6-9H2,1H3,(H,19,20). The number of carbonyl (C=O) groups is 1. The number of nitrogens with one attached hydrogen (secondary N) is 1. The fourth-order valence-corrected chi connectivity index (χ4v) is 1.91. The first-order chi connectivity index (χ1) is 10.2. The van der Waals surface area contributed by atoms with E-state index in [1.807, 2.05) is 24.0 Å². The van der Waals surface area contributed by atoms with E-state index in [0.717, 1.165) is 18.7 Å². The van der Waals surface area contributed by atoms with Crippen LogP contribution in [-0.4, -0.2) is 40.6 Å². The van der Waals surface area contributed by atoms with Crippen molar-refractivity contribution in [1.82, 2.24) is 15.1 Å². The van der Waals surface area contributed by atoms with Gasteiger partial charge in [0.05, 0.1) is 12.7 Å². The Morgan fingerprint density at radius 2 is 2.19 bits per heavy atom. The second-order valence-electron chi connectivity index (χ2n) is 4.68. The third kappa shape index (κ3) is 4.61. The fourth-order valence-electron chi connectivity index (χ4n) is 1.91. The molecule has 0 aliphatic rings. The Kier molecular flexibility index (Phi) is 5.34. The molecule has 0 spiro atoms. The summed E-state index contributed by atoms with van der Waals surface area (Å²) in [4.78, 5) is 11.0. The van der Waals surface area contributed by atoms with Crippen molar-refractivity contribution < 1.29 is 14.6 Å². The summed E-state index contributed by atoms with van der Waals surface area (Å²) in [5.74, 6) is -0.581. The molecule has 0 saturated carbocycles. The average molecular weight is 289 g/mol. The van der Waals surface area contributed by atoms with Crippen molar-refractivity contribution in [3.05, 3.63) is 47.8 Å². The number of benzene rings is 1. The molecular weight excluding hydrogens is 270 g/mol. The lowest BCUT2D eigenvalue weighted by molar-refractivity contribution is 0.0692. The summed E-state index contributed by atoms with van der Waals surface area (Å²) >= 11 is 0. The molecule has 6 nitrogen and oxygen atoms in total. The maximum Gasteiger partial charge on any atom is 0.339 e. The largest absolute Gasteiger partial charge is 0.491 e. The van der Waals surface area contributed by atoms with Crippen molar-refractivity contribution in [3.63, 3.8) is 0 Å². The fraction of sp³-hybridized carbons (Fsp3) is 0.333. The summed E-state index contributed by atoms with van der Waals surface area (Å²) in [5.41, 5.74) is 1.33. The van der Waals surface area contributed by atoms with E-state index >= 15 is 0 Å².